The molecule has 4 heteroatoms. The van der Waals surface area contributed by atoms with Crippen molar-refractivity contribution in [3.63, 3.8) is 0 Å². The maximum absolute atomic E-state index is 6.00. The average molecular weight is 91.1 g/mol. The van der Waals surface area contributed by atoms with Gasteiger partial charge in [0.05, 0.1) is 0 Å². The van der Waals surface area contributed by atoms with Crippen LogP contribution in [0.25, 0.3) is 0 Å². The Kier molecular flexibility index (Phi) is 108. The van der Waals surface area contributed by atoms with E-state index in [4.69, 9.17) is 10.5 Å². The molecule has 1 radical (unpaired) electrons. The second-order valence-electron chi connectivity index (χ2n) is 0. The van der Waals surface area contributed by atoms with Crippen molar-refractivity contribution in [3.8, 4) is 0 Å². The van der Waals surface area contributed by atoms with E-state index in [1.807, 2.05) is 0 Å². The Balaban J connectivity index is -0.00000000500. The first-order chi connectivity index (χ1) is 1.00. The molecule has 0 aliphatic carbocycles. The third-order valence-corrected chi connectivity index (χ3v) is 0. The first-order valence-corrected chi connectivity index (χ1v) is 0.200. The van der Waals surface area contributed by atoms with Gasteiger partial charge in [0.1, 0.15) is 0 Å². The largest absolute Gasteiger partial charge is 0.412 e. The zero-order valence-electron chi connectivity index (χ0n) is 2.39. The SMILES string of the molecule is O.OO.[K]. The summed E-state index contributed by atoms with van der Waals surface area (Å²) in [5.41, 5.74) is 0. The Bertz CT molecular complexity index is 3.25. The van der Waals surface area contributed by atoms with Gasteiger partial charge in [-0.15, -0.1) is 0 Å². The monoisotopic (exact) mass is 91.0 g/mol. The molecule has 4 heavy (non-hydrogen) atoms. The summed E-state index contributed by atoms with van der Waals surface area (Å²) in [7, 11) is 0. The van der Waals surface area contributed by atoms with Crippen LogP contribution >= 0.6 is 0 Å². The second kappa shape index (κ2) is 24.3. The van der Waals surface area contributed by atoms with E-state index in [1.165, 1.54) is 0 Å². The molecular weight excluding hydrogens is 87.1 g/mol. The van der Waals surface area contributed by atoms with Gasteiger partial charge in [0.15, 0.2) is 0 Å². The van der Waals surface area contributed by atoms with E-state index >= 15 is 0 Å². The molecule has 0 atom stereocenters. The van der Waals surface area contributed by atoms with Gasteiger partial charge < -0.3 is 5.48 Å². The molecule has 0 heterocycles. The summed E-state index contributed by atoms with van der Waals surface area (Å²) in [4.78, 5) is 0. The minimum absolute atomic E-state index is 0. The zero-order valence-corrected chi connectivity index (χ0v) is 5.52. The maximum Gasteiger partial charge on any atom is 0 e. The fourth-order valence-corrected chi connectivity index (χ4v) is 0. The molecule has 0 aliphatic heterocycles. The molecule has 3 nitrogen and oxygen atoms in total. The summed E-state index contributed by atoms with van der Waals surface area (Å²) in [5.74, 6) is 0. The molecule has 0 aromatic heterocycles. The van der Waals surface area contributed by atoms with Crippen molar-refractivity contribution in [2.75, 3.05) is 0 Å². The standard InChI is InChI=1S/K.H2O2.H2O/c;1-2;/h;1-2H;1H2. The molecule has 4 N–H and O–H groups in total. The third-order valence-electron chi connectivity index (χ3n) is 0. The van der Waals surface area contributed by atoms with Crippen molar-refractivity contribution in [3.05, 3.63) is 0 Å². The van der Waals surface area contributed by atoms with Gasteiger partial charge in [-0.05, 0) is 0 Å². The van der Waals surface area contributed by atoms with E-state index in [0.29, 0.717) is 0 Å². The fraction of sp³-hybridized carbons (Fsp3) is 0. The molecule has 0 aromatic carbocycles. The molecule has 0 rings (SSSR count). The van der Waals surface area contributed by atoms with Crippen molar-refractivity contribution in [2.24, 2.45) is 0 Å². The van der Waals surface area contributed by atoms with Crippen LogP contribution in [0.5, 0.6) is 0 Å². The van der Waals surface area contributed by atoms with E-state index < -0.39 is 0 Å². The van der Waals surface area contributed by atoms with Gasteiger partial charge in [0.25, 0.3) is 0 Å². The second-order valence-corrected chi connectivity index (χ2v) is 0. The van der Waals surface area contributed by atoms with Gasteiger partial charge in [-0.3, -0.25) is 10.5 Å². The van der Waals surface area contributed by atoms with Crippen molar-refractivity contribution >= 4 is 51.4 Å². The van der Waals surface area contributed by atoms with Crippen LogP contribution in [0.3, 0.4) is 0 Å². The Morgan fingerprint density at radius 3 is 1.00 bits per heavy atom. The Morgan fingerprint density at radius 2 is 1.00 bits per heavy atom. The van der Waals surface area contributed by atoms with Crippen LogP contribution in [0.4, 0.5) is 0 Å². The molecule has 0 aromatic rings. The minimum atomic E-state index is 0. The van der Waals surface area contributed by atoms with Crippen LogP contribution in [0, 0.1) is 0 Å². The van der Waals surface area contributed by atoms with E-state index in [1.54, 1.807) is 0 Å². The van der Waals surface area contributed by atoms with Gasteiger partial charge in [-0.1, -0.05) is 0 Å². The predicted molar refractivity (Wildman–Crippen MR) is 14.6 cm³/mol. The maximum atomic E-state index is 6.00. The summed E-state index contributed by atoms with van der Waals surface area (Å²) in [6.45, 7) is 0. The Morgan fingerprint density at radius 1 is 1.00 bits per heavy atom. The van der Waals surface area contributed by atoms with Crippen LogP contribution in [-0.4, -0.2) is 67.4 Å². The zero-order chi connectivity index (χ0) is 2.00. The summed E-state index contributed by atoms with van der Waals surface area (Å²) in [5, 5.41) is 12.0. The molecule has 0 amide bonds. The molecule has 0 bridgehead atoms. The summed E-state index contributed by atoms with van der Waals surface area (Å²) in [6.07, 6.45) is 0. The summed E-state index contributed by atoms with van der Waals surface area (Å²) in [6, 6.07) is 0. The van der Waals surface area contributed by atoms with Gasteiger partial charge >= 0.3 is 0 Å². The summed E-state index contributed by atoms with van der Waals surface area (Å²) < 4.78 is 0. The molecule has 0 aliphatic rings. The molecule has 23 valence electrons. The molecule has 0 saturated heterocycles. The quantitative estimate of drug-likeness (QED) is 0.223. The van der Waals surface area contributed by atoms with E-state index in [0.717, 1.165) is 0 Å². The van der Waals surface area contributed by atoms with Crippen LogP contribution in [0.15, 0.2) is 0 Å². The number of rotatable bonds is 0. The van der Waals surface area contributed by atoms with Gasteiger partial charge in [-0.2, -0.15) is 0 Å². The molecule has 0 unspecified atom stereocenters. The molecule has 0 saturated carbocycles. The molecular formula is H4KO3. The smallest absolute Gasteiger partial charge is 0 e. The van der Waals surface area contributed by atoms with Gasteiger partial charge in [-0.25, -0.2) is 0 Å². The van der Waals surface area contributed by atoms with E-state index in [2.05, 4.69) is 0 Å². The Hall–Kier alpha value is 1.52. The normalized spacial score (nSPS) is 1.50. The van der Waals surface area contributed by atoms with Crippen molar-refractivity contribution < 1.29 is 16.0 Å². The van der Waals surface area contributed by atoms with Crippen LogP contribution in [0.1, 0.15) is 0 Å². The fourth-order valence-electron chi connectivity index (χ4n) is 0. The first-order valence-electron chi connectivity index (χ1n) is 0.200. The topological polar surface area (TPSA) is 72.0 Å². The van der Waals surface area contributed by atoms with Crippen LogP contribution < -0.4 is 0 Å². The van der Waals surface area contributed by atoms with Gasteiger partial charge in [0, 0.05) is 51.4 Å². The van der Waals surface area contributed by atoms with Gasteiger partial charge in [0.2, 0.25) is 0 Å². The van der Waals surface area contributed by atoms with Crippen LogP contribution in [-0.2, 0) is 0 Å². The predicted octanol–water partition coefficient (Wildman–Crippen LogP) is -1.19. The summed E-state index contributed by atoms with van der Waals surface area (Å²) >= 11 is 0. The number of hydrogen-bond donors (Lipinski definition) is 2. The van der Waals surface area contributed by atoms with Crippen LogP contribution in [0.2, 0.25) is 0 Å². The van der Waals surface area contributed by atoms with Crippen molar-refractivity contribution in [1.29, 1.82) is 0 Å². The Labute approximate surface area is 66.3 Å². The number of hydrogen-bond acceptors (Lipinski definition) is 2. The van der Waals surface area contributed by atoms with E-state index in [-0.39, 0.29) is 56.9 Å². The third kappa shape index (κ3) is 9.68. The van der Waals surface area contributed by atoms with Crippen molar-refractivity contribution in [2.45, 2.75) is 0 Å². The molecule has 0 fully saturated rings. The molecule has 0 spiro atoms. The van der Waals surface area contributed by atoms with Crippen molar-refractivity contribution in [1.82, 2.24) is 0 Å². The first kappa shape index (κ1) is 17.8. The minimum Gasteiger partial charge on any atom is -0.412 e. The van der Waals surface area contributed by atoms with E-state index in [9.17, 15) is 0 Å². The average Bonchev–Trinajstić information content (AvgIpc) is 1.00.